The number of aromatic nitrogens is 2. The number of hydrogen-bond donors (Lipinski definition) is 1. The molecule has 0 aliphatic carbocycles. The molecule has 0 unspecified atom stereocenters. The van der Waals surface area contributed by atoms with Crippen molar-refractivity contribution in [2.45, 2.75) is 26.7 Å². The predicted molar refractivity (Wildman–Crippen MR) is 143 cm³/mol. The number of fused-ring (bicyclic) bond motifs is 1. The highest BCUT2D eigenvalue weighted by Crippen LogP contribution is 2.34. The highest BCUT2D eigenvalue weighted by Gasteiger charge is 2.24. The zero-order chi connectivity index (χ0) is 26.7. The van der Waals surface area contributed by atoms with Crippen molar-refractivity contribution in [2.75, 3.05) is 26.1 Å². The lowest BCUT2D eigenvalue weighted by Crippen LogP contribution is -2.25. The van der Waals surface area contributed by atoms with E-state index in [4.69, 9.17) is 14.2 Å². The highest BCUT2D eigenvalue weighted by molar-refractivity contribution is 7.16. The average molecular weight is 522 g/mol. The summed E-state index contributed by atoms with van der Waals surface area (Å²) in [5, 5.41) is 9.50. The molecule has 0 radical (unpaired) electrons. The molecule has 37 heavy (non-hydrogen) atoms. The SMILES string of the molecule is CCOC(=O)c1nn(-c2ccc(C(C)C)cc2)c(=O)c2c(NC(=O)c3cccc(OC)c3OC)scc12. The van der Waals surface area contributed by atoms with Crippen molar-refractivity contribution in [1.82, 2.24) is 9.78 Å². The minimum atomic E-state index is -0.662. The maximum absolute atomic E-state index is 13.7. The Balaban J connectivity index is 1.86. The highest BCUT2D eigenvalue weighted by atomic mass is 32.1. The fourth-order valence-corrected chi connectivity index (χ4v) is 4.84. The molecule has 0 saturated heterocycles. The molecule has 1 N–H and O–H groups in total. The van der Waals surface area contributed by atoms with Gasteiger partial charge in [0.2, 0.25) is 0 Å². The Bertz CT molecular complexity index is 1520. The molecular weight excluding hydrogens is 494 g/mol. The zero-order valence-corrected chi connectivity index (χ0v) is 22.0. The Morgan fingerprint density at radius 3 is 2.43 bits per heavy atom. The standard InChI is InChI=1S/C27H27N3O6S/c1-6-36-27(33)22-19-14-37-25(28-24(31)18-8-7-9-20(34-4)23(18)35-5)21(19)26(32)30(29-22)17-12-10-16(11-13-17)15(2)3/h7-15H,6H2,1-5H3,(H,28,31). The van der Waals surface area contributed by atoms with Gasteiger partial charge in [-0.05, 0) is 42.7 Å². The van der Waals surface area contributed by atoms with Crippen LogP contribution in [0.15, 0.2) is 52.6 Å². The molecule has 192 valence electrons. The summed E-state index contributed by atoms with van der Waals surface area (Å²) in [5.41, 5.74) is 1.32. The number of benzene rings is 2. The summed E-state index contributed by atoms with van der Waals surface area (Å²) in [6.07, 6.45) is 0. The van der Waals surface area contributed by atoms with Gasteiger partial charge in [0, 0.05) is 10.8 Å². The lowest BCUT2D eigenvalue weighted by molar-refractivity contribution is 0.0520. The van der Waals surface area contributed by atoms with Crippen LogP contribution in [0, 0.1) is 0 Å². The number of hydrogen-bond acceptors (Lipinski definition) is 8. The second-order valence-corrected chi connectivity index (χ2v) is 9.26. The van der Waals surface area contributed by atoms with Crippen LogP contribution in [0.4, 0.5) is 5.00 Å². The number of ether oxygens (including phenoxy) is 3. The maximum atomic E-state index is 13.7. The number of nitrogens with one attached hydrogen (secondary N) is 1. The molecule has 0 aliphatic rings. The van der Waals surface area contributed by atoms with Crippen molar-refractivity contribution in [2.24, 2.45) is 0 Å². The Morgan fingerprint density at radius 1 is 1.08 bits per heavy atom. The van der Waals surface area contributed by atoms with Gasteiger partial charge in [-0.25, -0.2) is 4.79 Å². The molecule has 0 fully saturated rings. The van der Waals surface area contributed by atoms with Crippen LogP contribution in [0.1, 0.15) is 53.1 Å². The number of para-hydroxylation sites is 1. The van der Waals surface area contributed by atoms with E-state index in [0.717, 1.165) is 21.6 Å². The second-order valence-electron chi connectivity index (χ2n) is 8.38. The van der Waals surface area contributed by atoms with E-state index < -0.39 is 17.4 Å². The summed E-state index contributed by atoms with van der Waals surface area (Å²) in [7, 11) is 2.92. The largest absolute Gasteiger partial charge is 0.493 e. The van der Waals surface area contributed by atoms with E-state index in [0.29, 0.717) is 22.7 Å². The molecule has 2 aromatic heterocycles. The number of amides is 1. The summed E-state index contributed by atoms with van der Waals surface area (Å²) < 4.78 is 17.0. The minimum absolute atomic E-state index is 0.0138. The van der Waals surface area contributed by atoms with E-state index in [1.54, 1.807) is 42.6 Å². The second kappa shape index (κ2) is 10.8. The van der Waals surface area contributed by atoms with E-state index in [2.05, 4.69) is 24.3 Å². The number of anilines is 1. The Labute approximate surface area is 217 Å². The van der Waals surface area contributed by atoms with Crippen LogP contribution in [0.25, 0.3) is 16.5 Å². The molecule has 4 aromatic rings. The molecule has 1 amide bonds. The van der Waals surface area contributed by atoms with Crippen LogP contribution >= 0.6 is 11.3 Å². The van der Waals surface area contributed by atoms with Crippen molar-refractivity contribution in [3.8, 4) is 17.2 Å². The summed E-state index contributed by atoms with van der Waals surface area (Å²) in [6.45, 7) is 5.98. The van der Waals surface area contributed by atoms with Crippen molar-refractivity contribution >= 4 is 39.0 Å². The number of carbonyl (C=O) groups is 2. The third-order valence-electron chi connectivity index (χ3n) is 5.80. The Kier molecular flexibility index (Phi) is 7.58. The monoisotopic (exact) mass is 521 g/mol. The first kappa shape index (κ1) is 25.9. The van der Waals surface area contributed by atoms with Gasteiger partial charge >= 0.3 is 5.97 Å². The number of carbonyl (C=O) groups excluding carboxylic acids is 2. The summed E-state index contributed by atoms with van der Waals surface area (Å²) in [4.78, 5) is 39.7. The fraction of sp³-hybridized carbons (Fsp3) is 0.259. The van der Waals surface area contributed by atoms with Crippen molar-refractivity contribution in [3.05, 3.63) is 75.0 Å². The molecule has 4 rings (SSSR count). The predicted octanol–water partition coefficient (Wildman–Crippen LogP) is 5.02. The van der Waals surface area contributed by atoms with Gasteiger partial charge in [-0.15, -0.1) is 11.3 Å². The lowest BCUT2D eigenvalue weighted by Gasteiger charge is -2.13. The zero-order valence-electron chi connectivity index (χ0n) is 21.2. The van der Waals surface area contributed by atoms with E-state index in [9.17, 15) is 14.4 Å². The summed E-state index contributed by atoms with van der Waals surface area (Å²) >= 11 is 1.12. The van der Waals surface area contributed by atoms with E-state index in [1.165, 1.54) is 14.2 Å². The summed E-state index contributed by atoms with van der Waals surface area (Å²) in [5.74, 6) is -0.193. The van der Waals surface area contributed by atoms with Gasteiger partial charge in [0.15, 0.2) is 17.2 Å². The number of methoxy groups -OCH3 is 2. The Morgan fingerprint density at radius 2 is 1.81 bits per heavy atom. The van der Waals surface area contributed by atoms with Crippen molar-refractivity contribution < 1.29 is 23.8 Å². The van der Waals surface area contributed by atoms with Crippen LogP contribution in [-0.4, -0.2) is 42.5 Å². The molecule has 2 heterocycles. The van der Waals surface area contributed by atoms with Gasteiger partial charge < -0.3 is 19.5 Å². The van der Waals surface area contributed by atoms with Gasteiger partial charge in [-0.3, -0.25) is 9.59 Å². The van der Waals surface area contributed by atoms with Gasteiger partial charge in [0.25, 0.3) is 11.5 Å². The molecule has 0 aliphatic heterocycles. The number of rotatable bonds is 8. The van der Waals surface area contributed by atoms with Crippen LogP contribution < -0.4 is 20.3 Å². The third-order valence-corrected chi connectivity index (χ3v) is 6.70. The normalized spacial score (nSPS) is 11.0. The van der Waals surface area contributed by atoms with Gasteiger partial charge in [-0.1, -0.05) is 32.0 Å². The molecule has 9 nitrogen and oxygen atoms in total. The molecule has 0 saturated carbocycles. The molecule has 0 spiro atoms. The number of nitrogens with zero attached hydrogens (tertiary/aromatic N) is 2. The van der Waals surface area contributed by atoms with Gasteiger partial charge in [0.05, 0.1) is 37.5 Å². The Hall–Kier alpha value is -4.18. The molecule has 2 aromatic carbocycles. The first-order chi connectivity index (χ1) is 17.8. The number of thiophene rings is 1. The third kappa shape index (κ3) is 4.92. The average Bonchev–Trinajstić information content (AvgIpc) is 3.32. The quantitative estimate of drug-likeness (QED) is 0.324. The van der Waals surface area contributed by atoms with Gasteiger partial charge in [-0.2, -0.15) is 9.78 Å². The molecule has 0 bridgehead atoms. The topological polar surface area (TPSA) is 109 Å². The molecular formula is C27H27N3O6S. The smallest absolute Gasteiger partial charge is 0.359 e. The van der Waals surface area contributed by atoms with Crippen LogP contribution in [0.2, 0.25) is 0 Å². The van der Waals surface area contributed by atoms with E-state index >= 15 is 0 Å². The first-order valence-electron chi connectivity index (χ1n) is 11.6. The number of esters is 1. The first-order valence-corrected chi connectivity index (χ1v) is 12.5. The van der Waals surface area contributed by atoms with Crippen LogP contribution in [0.3, 0.4) is 0 Å². The van der Waals surface area contributed by atoms with Crippen LogP contribution in [-0.2, 0) is 4.74 Å². The maximum Gasteiger partial charge on any atom is 0.359 e. The lowest BCUT2D eigenvalue weighted by atomic mass is 10.0. The molecule has 10 heteroatoms. The van der Waals surface area contributed by atoms with Crippen molar-refractivity contribution in [1.29, 1.82) is 0 Å². The fourth-order valence-electron chi connectivity index (χ4n) is 3.90. The molecule has 0 atom stereocenters. The van der Waals surface area contributed by atoms with Gasteiger partial charge in [0.1, 0.15) is 5.00 Å². The van der Waals surface area contributed by atoms with Crippen molar-refractivity contribution in [3.63, 3.8) is 0 Å². The minimum Gasteiger partial charge on any atom is -0.493 e. The van der Waals surface area contributed by atoms with Crippen LogP contribution in [0.5, 0.6) is 11.5 Å². The van der Waals surface area contributed by atoms with E-state index in [1.807, 2.05) is 12.1 Å². The van der Waals surface area contributed by atoms with E-state index in [-0.39, 0.29) is 34.0 Å². The summed E-state index contributed by atoms with van der Waals surface area (Å²) in [6, 6.07) is 12.3.